The Balaban J connectivity index is 2.15. The molecular formula is C16H31N. The average Bonchev–Trinajstić information content (AvgIpc) is 2.28. The fourth-order valence-electron chi connectivity index (χ4n) is 4.05. The van der Waals surface area contributed by atoms with Gasteiger partial charge in [-0.1, -0.05) is 34.6 Å². The first-order valence-corrected chi connectivity index (χ1v) is 7.55. The molecular weight excluding hydrogens is 206 g/mol. The first-order valence-electron chi connectivity index (χ1n) is 7.55. The van der Waals surface area contributed by atoms with Gasteiger partial charge in [0.25, 0.3) is 0 Å². The standard InChI is InChI=1S/C16H31N/c1-11(2)12(3)13(4)14-15(5)7-9-16(6,17-14)10-8-15/h11-14,17H,7-10H2,1-6H3. The van der Waals surface area contributed by atoms with Crippen molar-refractivity contribution in [3.05, 3.63) is 0 Å². The van der Waals surface area contributed by atoms with Gasteiger partial charge in [0.15, 0.2) is 0 Å². The molecule has 1 saturated carbocycles. The predicted molar refractivity (Wildman–Crippen MR) is 75.1 cm³/mol. The monoisotopic (exact) mass is 237 g/mol. The van der Waals surface area contributed by atoms with Crippen molar-refractivity contribution in [2.75, 3.05) is 0 Å². The van der Waals surface area contributed by atoms with Gasteiger partial charge in [-0.15, -0.1) is 0 Å². The fraction of sp³-hybridized carbons (Fsp3) is 1.00. The van der Waals surface area contributed by atoms with E-state index in [9.17, 15) is 0 Å². The molecule has 0 amide bonds. The van der Waals surface area contributed by atoms with E-state index in [1.165, 1.54) is 25.7 Å². The maximum absolute atomic E-state index is 4.01. The zero-order valence-corrected chi connectivity index (χ0v) is 12.6. The molecule has 2 heterocycles. The number of rotatable bonds is 3. The highest BCUT2D eigenvalue weighted by atomic mass is 15.1. The lowest BCUT2D eigenvalue weighted by atomic mass is 9.56. The highest BCUT2D eigenvalue weighted by Gasteiger charge is 2.51. The zero-order valence-electron chi connectivity index (χ0n) is 12.6. The smallest absolute Gasteiger partial charge is 0.0156 e. The van der Waals surface area contributed by atoms with Gasteiger partial charge in [0.05, 0.1) is 0 Å². The molecule has 0 spiro atoms. The Morgan fingerprint density at radius 2 is 1.47 bits per heavy atom. The van der Waals surface area contributed by atoms with Crippen LogP contribution >= 0.6 is 0 Å². The number of hydrogen-bond acceptors (Lipinski definition) is 1. The predicted octanol–water partition coefficient (Wildman–Crippen LogP) is 4.23. The number of nitrogens with one attached hydrogen (secondary N) is 1. The molecule has 3 fully saturated rings. The number of hydrogen-bond donors (Lipinski definition) is 1. The van der Waals surface area contributed by atoms with Crippen molar-refractivity contribution in [2.45, 2.75) is 78.8 Å². The van der Waals surface area contributed by atoms with Crippen LogP contribution in [0.15, 0.2) is 0 Å². The van der Waals surface area contributed by atoms with Crippen molar-refractivity contribution < 1.29 is 0 Å². The van der Waals surface area contributed by atoms with Gasteiger partial charge in [-0.2, -0.15) is 0 Å². The minimum absolute atomic E-state index is 0.438. The minimum Gasteiger partial charge on any atom is -0.308 e. The van der Waals surface area contributed by atoms with Gasteiger partial charge in [-0.25, -0.2) is 0 Å². The van der Waals surface area contributed by atoms with E-state index in [1.54, 1.807) is 0 Å². The van der Waals surface area contributed by atoms with Crippen LogP contribution in [0, 0.1) is 23.2 Å². The summed E-state index contributed by atoms with van der Waals surface area (Å²) in [6.07, 6.45) is 5.61. The third-order valence-electron chi connectivity index (χ3n) is 6.16. The zero-order chi connectivity index (χ0) is 12.8. The first-order chi connectivity index (χ1) is 7.77. The van der Waals surface area contributed by atoms with Crippen molar-refractivity contribution in [2.24, 2.45) is 23.2 Å². The molecule has 1 N–H and O–H groups in total. The quantitative estimate of drug-likeness (QED) is 0.774. The first kappa shape index (κ1) is 13.4. The van der Waals surface area contributed by atoms with Crippen molar-refractivity contribution in [3.8, 4) is 0 Å². The lowest BCUT2D eigenvalue weighted by molar-refractivity contribution is -0.0293. The van der Waals surface area contributed by atoms with E-state index in [1.807, 2.05) is 0 Å². The molecule has 1 nitrogen and oxygen atoms in total. The highest BCUT2D eigenvalue weighted by molar-refractivity contribution is 5.08. The Morgan fingerprint density at radius 3 is 1.94 bits per heavy atom. The summed E-state index contributed by atoms with van der Waals surface area (Å²) in [5.74, 6) is 2.40. The van der Waals surface area contributed by atoms with Crippen LogP contribution in [0.4, 0.5) is 0 Å². The summed E-state index contributed by atoms with van der Waals surface area (Å²) in [5.41, 5.74) is 0.994. The molecule has 100 valence electrons. The summed E-state index contributed by atoms with van der Waals surface area (Å²) in [6, 6.07) is 0.729. The van der Waals surface area contributed by atoms with Crippen molar-refractivity contribution in [3.63, 3.8) is 0 Å². The van der Waals surface area contributed by atoms with Crippen LogP contribution in [0.3, 0.4) is 0 Å². The maximum Gasteiger partial charge on any atom is 0.0156 e. The van der Waals surface area contributed by atoms with E-state index in [4.69, 9.17) is 0 Å². The normalized spacial score (nSPS) is 45.0. The molecule has 3 aliphatic rings. The van der Waals surface area contributed by atoms with Crippen molar-refractivity contribution >= 4 is 0 Å². The third-order valence-corrected chi connectivity index (χ3v) is 6.16. The highest BCUT2D eigenvalue weighted by Crippen LogP contribution is 2.51. The molecule has 3 unspecified atom stereocenters. The summed E-state index contributed by atoms with van der Waals surface area (Å²) in [6.45, 7) is 14.6. The molecule has 2 bridgehead atoms. The van der Waals surface area contributed by atoms with Crippen LogP contribution in [-0.4, -0.2) is 11.6 Å². The van der Waals surface area contributed by atoms with E-state index in [0.29, 0.717) is 11.0 Å². The lowest BCUT2D eigenvalue weighted by Gasteiger charge is -2.59. The summed E-state index contributed by atoms with van der Waals surface area (Å²) in [5, 5.41) is 4.01. The average molecular weight is 237 g/mol. The van der Waals surface area contributed by atoms with Crippen LogP contribution < -0.4 is 5.32 Å². The Kier molecular flexibility index (Phi) is 3.36. The van der Waals surface area contributed by atoms with Crippen LogP contribution in [-0.2, 0) is 0 Å². The van der Waals surface area contributed by atoms with E-state index in [0.717, 1.165) is 23.8 Å². The lowest BCUT2D eigenvalue weighted by Crippen LogP contribution is -2.66. The number of fused-ring (bicyclic) bond motifs is 3. The molecule has 0 radical (unpaired) electrons. The second kappa shape index (κ2) is 4.26. The Morgan fingerprint density at radius 1 is 0.941 bits per heavy atom. The van der Waals surface area contributed by atoms with Crippen molar-refractivity contribution in [1.29, 1.82) is 0 Å². The Labute approximate surface area is 108 Å². The van der Waals surface area contributed by atoms with Crippen LogP contribution in [0.2, 0.25) is 0 Å². The van der Waals surface area contributed by atoms with Gasteiger partial charge in [-0.3, -0.25) is 0 Å². The molecule has 3 rings (SSSR count). The Bertz CT molecular complexity index is 273. The molecule has 17 heavy (non-hydrogen) atoms. The molecule has 0 aromatic carbocycles. The Hall–Kier alpha value is -0.0400. The largest absolute Gasteiger partial charge is 0.308 e. The molecule has 1 heteroatoms. The number of piperidine rings is 2. The van der Waals surface area contributed by atoms with E-state index in [-0.39, 0.29) is 0 Å². The molecule has 2 aliphatic heterocycles. The maximum atomic E-state index is 4.01. The second-order valence-electron chi connectivity index (χ2n) is 7.80. The summed E-state index contributed by atoms with van der Waals surface area (Å²) >= 11 is 0. The van der Waals surface area contributed by atoms with Gasteiger partial charge in [0, 0.05) is 11.6 Å². The van der Waals surface area contributed by atoms with Gasteiger partial charge in [0.1, 0.15) is 0 Å². The van der Waals surface area contributed by atoms with E-state index < -0.39 is 0 Å². The summed E-state index contributed by atoms with van der Waals surface area (Å²) in [4.78, 5) is 0. The fourth-order valence-corrected chi connectivity index (χ4v) is 4.05. The summed E-state index contributed by atoms with van der Waals surface area (Å²) < 4.78 is 0. The molecule has 3 atom stereocenters. The van der Waals surface area contributed by atoms with Crippen LogP contribution in [0.25, 0.3) is 0 Å². The van der Waals surface area contributed by atoms with Gasteiger partial charge >= 0.3 is 0 Å². The van der Waals surface area contributed by atoms with Gasteiger partial charge in [-0.05, 0) is 55.8 Å². The van der Waals surface area contributed by atoms with Crippen LogP contribution in [0.5, 0.6) is 0 Å². The second-order valence-corrected chi connectivity index (χ2v) is 7.80. The van der Waals surface area contributed by atoms with E-state index in [2.05, 4.69) is 46.9 Å². The molecule has 1 aliphatic carbocycles. The summed E-state index contributed by atoms with van der Waals surface area (Å²) in [7, 11) is 0. The van der Waals surface area contributed by atoms with Crippen molar-refractivity contribution in [1.82, 2.24) is 5.32 Å². The minimum atomic E-state index is 0.438. The third kappa shape index (κ3) is 2.28. The van der Waals surface area contributed by atoms with Gasteiger partial charge < -0.3 is 5.32 Å². The van der Waals surface area contributed by atoms with Crippen LogP contribution in [0.1, 0.15) is 67.2 Å². The molecule has 0 aromatic heterocycles. The topological polar surface area (TPSA) is 12.0 Å². The molecule has 0 aromatic rings. The molecule has 2 saturated heterocycles. The van der Waals surface area contributed by atoms with Gasteiger partial charge in [0.2, 0.25) is 0 Å². The SMILES string of the molecule is CC(C)C(C)C(C)C1NC2(C)CCC1(C)CC2. The van der Waals surface area contributed by atoms with E-state index >= 15 is 0 Å².